The molecule has 1 rings (SSSR count). The molecule has 56 valence electrons. The summed E-state index contributed by atoms with van der Waals surface area (Å²) in [7, 11) is 0. The van der Waals surface area contributed by atoms with Crippen molar-refractivity contribution >= 4 is 5.91 Å². The van der Waals surface area contributed by atoms with Gasteiger partial charge < -0.3 is 15.8 Å². The quantitative estimate of drug-likeness (QED) is 0.405. The average molecular weight is 142 g/mol. The standard InChI is InChI=1S/C6H10N2O2/c1-4(7)10-3-5-2-6(9)8-5/h5H,1-3,7H2,(H,8,9)/t5-/m1/s1. The highest BCUT2D eigenvalue weighted by molar-refractivity contribution is 5.82. The maximum absolute atomic E-state index is 10.3. The topological polar surface area (TPSA) is 64.3 Å². The molecule has 0 aromatic heterocycles. The van der Waals surface area contributed by atoms with E-state index >= 15 is 0 Å². The molecule has 0 aromatic carbocycles. The Bertz CT molecular complexity index is 159. The predicted molar refractivity (Wildman–Crippen MR) is 35.8 cm³/mol. The monoisotopic (exact) mass is 142 g/mol. The van der Waals surface area contributed by atoms with E-state index < -0.39 is 0 Å². The van der Waals surface area contributed by atoms with Gasteiger partial charge in [0.1, 0.15) is 6.61 Å². The minimum absolute atomic E-state index is 0.0660. The van der Waals surface area contributed by atoms with Gasteiger partial charge in [0.15, 0.2) is 5.88 Å². The first-order valence-corrected chi connectivity index (χ1v) is 3.05. The maximum atomic E-state index is 10.3. The lowest BCUT2D eigenvalue weighted by Crippen LogP contribution is -2.51. The van der Waals surface area contributed by atoms with E-state index in [1.165, 1.54) is 0 Å². The first-order chi connectivity index (χ1) is 4.68. The number of rotatable bonds is 3. The molecule has 0 spiro atoms. The fraction of sp³-hybridized carbons (Fsp3) is 0.500. The molecule has 1 atom stereocenters. The van der Waals surface area contributed by atoms with Gasteiger partial charge in [-0.05, 0) is 6.58 Å². The largest absolute Gasteiger partial charge is 0.478 e. The Morgan fingerprint density at radius 3 is 3.00 bits per heavy atom. The smallest absolute Gasteiger partial charge is 0.222 e. The second-order valence-electron chi connectivity index (χ2n) is 2.25. The lowest BCUT2D eigenvalue weighted by Gasteiger charge is -2.26. The van der Waals surface area contributed by atoms with Crippen LogP contribution in [0.1, 0.15) is 6.42 Å². The van der Waals surface area contributed by atoms with Gasteiger partial charge in [-0.25, -0.2) is 0 Å². The van der Waals surface area contributed by atoms with E-state index in [1.807, 2.05) is 0 Å². The highest BCUT2D eigenvalue weighted by Gasteiger charge is 2.25. The number of carbonyl (C=O) groups is 1. The zero-order valence-electron chi connectivity index (χ0n) is 5.59. The van der Waals surface area contributed by atoms with Crippen molar-refractivity contribution in [3.63, 3.8) is 0 Å². The Morgan fingerprint density at radius 2 is 2.60 bits per heavy atom. The molecule has 4 heteroatoms. The number of nitrogens with two attached hydrogens (primary N) is 1. The Morgan fingerprint density at radius 1 is 2.00 bits per heavy atom. The summed E-state index contributed by atoms with van der Waals surface area (Å²) in [5.41, 5.74) is 5.12. The van der Waals surface area contributed by atoms with Crippen molar-refractivity contribution < 1.29 is 9.53 Å². The molecule has 1 heterocycles. The summed E-state index contributed by atoms with van der Waals surface area (Å²) in [5.74, 6) is 0.261. The fourth-order valence-electron chi connectivity index (χ4n) is 0.739. The van der Waals surface area contributed by atoms with Gasteiger partial charge in [-0.3, -0.25) is 4.79 Å². The van der Waals surface area contributed by atoms with Crippen molar-refractivity contribution in [2.75, 3.05) is 6.61 Å². The molecule has 1 aliphatic heterocycles. The Balaban J connectivity index is 2.05. The Hall–Kier alpha value is -1.19. The zero-order chi connectivity index (χ0) is 7.56. The highest BCUT2D eigenvalue weighted by Crippen LogP contribution is 2.04. The number of β-lactam (4-membered cyclic amide) rings is 1. The van der Waals surface area contributed by atoms with E-state index in [2.05, 4.69) is 11.9 Å². The molecule has 0 aromatic rings. The molecule has 1 saturated heterocycles. The SMILES string of the molecule is C=C(N)OC[C@H]1CC(=O)N1. The van der Waals surface area contributed by atoms with Gasteiger partial charge >= 0.3 is 0 Å². The minimum atomic E-state index is 0.0660. The molecule has 4 nitrogen and oxygen atoms in total. The van der Waals surface area contributed by atoms with Crippen LogP contribution in [-0.2, 0) is 9.53 Å². The van der Waals surface area contributed by atoms with E-state index in [0.29, 0.717) is 13.0 Å². The van der Waals surface area contributed by atoms with Gasteiger partial charge in [-0.2, -0.15) is 0 Å². The van der Waals surface area contributed by atoms with Gasteiger partial charge in [-0.1, -0.05) is 0 Å². The van der Waals surface area contributed by atoms with Gasteiger partial charge in [0, 0.05) is 0 Å². The second-order valence-corrected chi connectivity index (χ2v) is 2.25. The van der Waals surface area contributed by atoms with Crippen LogP contribution >= 0.6 is 0 Å². The Kier molecular flexibility index (Phi) is 1.80. The van der Waals surface area contributed by atoms with Crippen LogP contribution in [0.5, 0.6) is 0 Å². The van der Waals surface area contributed by atoms with Gasteiger partial charge in [0.25, 0.3) is 0 Å². The second kappa shape index (κ2) is 2.60. The van der Waals surface area contributed by atoms with Crippen molar-refractivity contribution in [2.24, 2.45) is 5.73 Å². The number of hydrogen-bond acceptors (Lipinski definition) is 3. The fourth-order valence-corrected chi connectivity index (χ4v) is 0.739. The molecule has 1 fully saturated rings. The lowest BCUT2D eigenvalue weighted by molar-refractivity contribution is -0.129. The average Bonchev–Trinajstić information content (AvgIpc) is 1.77. The normalized spacial score (nSPS) is 22.8. The highest BCUT2D eigenvalue weighted by atomic mass is 16.5. The van der Waals surface area contributed by atoms with Crippen LogP contribution < -0.4 is 11.1 Å². The van der Waals surface area contributed by atoms with Crippen LogP contribution in [0.2, 0.25) is 0 Å². The summed E-state index contributed by atoms with van der Waals surface area (Å²) < 4.78 is 4.86. The van der Waals surface area contributed by atoms with Gasteiger partial charge in [0.05, 0.1) is 12.5 Å². The third kappa shape index (κ3) is 1.65. The summed E-state index contributed by atoms with van der Waals surface area (Å²) in [6, 6.07) is 0.132. The number of carbonyl (C=O) groups excluding carboxylic acids is 1. The molecule has 0 unspecified atom stereocenters. The van der Waals surface area contributed by atoms with Crippen LogP contribution in [0.3, 0.4) is 0 Å². The molecule has 0 saturated carbocycles. The zero-order valence-corrected chi connectivity index (χ0v) is 5.59. The third-order valence-electron chi connectivity index (χ3n) is 1.27. The molecule has 1 amide bonds. The molecule has 1 aliphatic rings. The lowest BCUT2D eigenvalue weighted by atomic mass is 10.1. The molecule has 10 heavy (non-hydrogen) atoms. The van der Waals surface area contributed by atoms with Crippen LogP contribution in [0.15, 0.2) is 12.5 Å². The first-order valence-electron chi connectivity index (χ1n) is 3.05. The van der Waals surface area contributed by atoms with E-state index in [9.17, 15) is 4.79 Å². The van der Waals surface area contributed by atoms with Gasteiger partial charge in [0.2, 0.25) is 5.91 Å². The number of amides is 1. The van der Waals surface area contributed by atoms with Crippen LogP contribution in [0, 0.1) is 0 Å². The first kappa shape index (κ1) is 6.92. The van der Waals surface area contributed by atoms with Crippen LogP contribution in [0.4, 0.5) is 0 Å². The summed E-state index contributed by atoms with van der Waals surface area (Å²) in [6.45, 7) is 3.78. The van der Waals surface area contributed by atoms with Gasteiger partial charge in [-0.15, -0.1) is 0 Å². The number of hydrogen-bond donors (Lipinski definition) is 2. The van der Waals surface area contributed by atoms with E-state index in [1.54, 1.807) is 0 Å². The molecular formula is C6H10N2O2. The van der Waals surface area contributed by atoms with Crippen molar-refractivity contribution in [2.45, 2.75) is 12.5 Å². The molecular weight excluding hydrogens is 132 g/mol. The third-order valence-corrected chi connectivity index (χ3v) is 1.27. The number of nitrogens with one attached hydrogen (secondary N) is 1. The van der Waals surface area contributed by atoms with Crippen LogP contribution in [-0.4, -0.2) is 18.6 Å². The van der Waals surface area contributed by atoms with E-state index in [4.69, 9.17) is 10.5 Å². The van der Waals surface area contributed by atoms with Crippen molar-refractivity contribution in [3.8, 4) is 0 Å². The van der Waals surface area contributed by atoms with Crippen molar-refractivity contribution in [3.05, 3.63) is 12.5 Å². The summed E-state index contributed by atoms with van der Waals surface area (Å²) in [6.07, 6.45) is 0.535. The molecule has 3 N–H and O–H groups in total. The van der Waals surface area contributed by atoms with Crippen molar-refractivity contribution in [1.82, 2.24) is 5.32 Å². The minimum Gasteiger partial charge on any atom is -0.478 e. The number of ether oxygens (including phenoxy) is 1. The molecule has 0 bridgehead atoms. The maximum Gasteiger partial charge on any atom is 0.222 e. The Labute approximate surface area is 59.0 Å². The van der Waals surface area contributed by atoms with Crippen molar-refractivity contribution in [1.29, 1.82) is 0 Å². The summed E-state index contributed by atoms with van der Waals surface area (Å²) in [5, 5.41) is 2.64. The van der Waals surface area contributed by atoms with E-state index in [-0.39, 0.29) is 17.8 Å². The predicted octanol–water partition coefficient (Wildman–Crippen LogP) is -0.679. The summed E-state index contributed by atoms with van der Waals surface area (Å²) >= 11 is 0. The van der Waals surface area contributed by atoms with Crippen LogP contribution in [0.25, 0.3) is 0 Å². The molecule has 0 radical (unpaired) electrons. The molecule has 0 aliphatic carbocycles. The van der Waals surface area contributed by atoms with E-state index in [0.717, 1.165) is 0 Å². The summed E-state index contributed by atoms with van der Waals surface area (Å²) in [4.78, 5) is 10.3.